The first-order valence-corrected chi connectivity index (χ1v) is 6.52. The molecule has 2 rings (SSSR count). The van der Waals surface area contributed by atoms with E-state index in [0.717, 1.165) is 32.5 Å². The Hall–Kier alpha value is -0.800. The molecule has 1 unspecified atom stereocenters. The van der Waals surface area contributed by atoms with Crippen molar-refractivity contribution >= 4 is 17.3 Å². The summed E-state index contributed by atoms with van der Waals surface area (Å²) in [5.74, 6) is -0.188. The summed E-state index contributed by atoms with van der Waals surface area (Å²) in [5, 5.41) is 4.05. The second-order valence-electron chi connectivity index (χ2n) is 4.48. The van der Waals surface area contributed by atoms with Gasteiger partial charge in [-0.15, -0.1) is 0 Å². The molecule has 1 atom stereocenters. The van der Waals surface area contributed by atoms with E-state index in [2.05, 4.69) is 17.1 Å². The molecule has 1 aromatic carbocycles. The van der Waals surface area contributed by atoms with Crippen LogP contribution >= 0.6 is 11.6 Å². The van der Waals surface area contributed by atoms with E-state index in [1.807, 2.05) is 0 Å². The number of benzene rings is 1. The molecule has 0 radical (unpaired) electrons. The molecule has 1 aliphatic heterocycles. The van der Waals surface area contributed by atoms with Crippen LogP contribution in [0.1, 0.15) is 19.8 Å². The highest BCUT2D eigenvalue weighted by Gasteiger charge is 2.20. The third-order valence-corrected chi connectivity index (χ3v) is 3.38. The van der Waals surface area contributed by atoms with Crippen LogP contribution in [-0.2, 0) is 0 Å². The van der Waals surface area contributed by atoms with Gasteiger partial charge in [0, 0.05) is 30.7 Å². The monoisotopic (exact) mass is 256 g/mol. The molecule has 1 heterocycles. The minimum absolute atomic E-state index is 0.188. The summed E-state index contributed by atoms with van der Waals surface area (Å²) in [6.07, 6.45) is 2.27. The van der Waals surface area contributed by atoms with Crippen molar-refractivity contribution in [1.29, 1.82) is 0 Å². The molecule has 0 aromatic heterocycles. The van der Waals surface area contributed by atoms with E-state index >= 15 is 0 Å². The molecule has 0 spiro atoms. The number of anilines is 1. The molecule has 1 N–H and O–H groups in total. The van der Waals surface area contributed by atoms with Crippen molar-refractivity contribution in [3.05, 3.63) is 29.0 Å². The highest BCUT2D eigenvalue weighted by Crippen LogP contribution is 2.24. The Morgan fingerprint density at radius 2 is 2.35 bits per heavy atom. The molecular weight excluding hydrogens is 239 g/mol. The van der Waals surface area contributed by atoms with Gasteiger partial charge in [-0.25, -0.2) is 4.39 Å². The number of hydrogen-bond donors (Lipinski definition) is 1. The predicted octanol–water partition coefficient (Wildman–Crippen LogP) is 3.06. The van der Waals surface area contributed by atoms with E-state index in [1.165, 1.54) is 6.07 Å². The molecule has 1 saturated heterocycles. The molecule has 1 aromatic rings. The Labute approximate surface area is 107 Å². The molecule has 0 amide bonds. The quantitative estimate of drug-likeness (QED) is 0.894. The van der Waals surface area contributed by atoms with Gasteiger partial charge in [-0.2, -0.15) is 0 Å². The zero-order chi connectivity index (χ0) is 12.3. The van der Waals surface area contributed by atoms with Crippen molar-refractivity contribution in [2.24, 2.45) is 0 Å². The van der Waals surface area contributed by atoms with Gasteiger partial charge < -0.3 is 10.2 Å². The maximum absolute atomic E-state index is 13.7. The van der Waals surface area contributed by atoms with Gasteiger partial charge in [0.25, 0.3) is 0 Å². The summed E-state index contributed by atoms with van der Waals surface area (Å²) >= 11 is 5.92. The van der Waals surface area contributed by atoms with E-state index in [-0.39, 0.29) is 5.82 Å². The number of nitrogens with zero attached hydrogens (tertiary/aromatic N) is 1. The summed E-state index contributed by atoms with van der Waals surface area (Å²) in [4.78, 5) is 2.08. The molecule has 0 saturated carbocycles. The Balaban J connectivity index is 2.13. The fourth-order valence-corrected chi connectivity index (χ4v) is 2.48. The van der Waals surface area contributed by atoms with E-state index in [4.69, 9.17) is 11.6 Å². The van der Waals surface area contributed by atoms with E-state index in [0.29, 0.717) is 16.8 Å². The topological polar surface area (TPSA) is 15.3 Å². The number of piperazine rings is 1. The Morgan fingerprint density at radius 1 is 1.53 bits per heavy atom. The first-order chi connectivity index (χ1) is 8.20. The molecule has 0 bridgehead atoms. The lowest BCUT2D eigenvalue weighted by Crippen LogP contribution is -2.50. The number of hydrogen-bond acceptors (Lipinski definition) is 2. The normalized spacial score (nSPS) is 20.6. The van der Waals surface area contributed by atoms with Crippen molar-refractivity contribution < 1.29 is 4.39 Å². The number of nitrogens with one attached hydrogen (secondary N) is 1. The van der Waals surface area contributed by atoms with Crippen molar-refractivity contribution in [1.82, 2.24) is 5.32 Å². The molecular formula is C13H18ClFN2. The van der Waals surface area contributed by atoms with E-state index in [1.54, 1.807) is 12.1 Å². The Kier molecular flexibility index (Phi) is 4.24. The molecule has 1 aliphatic rings. The second-order valence-corrected chi connectivity index (χ2v) is 4.92. The van der Waals surface area contributed by atoms with Gasteiger partial charge in [-0.05, 0) is 24.6 Å². The summed E-state index contributed by atoms with van der Waals surface area (Å²) in [7, 11) is 0. The fraction of sp³-hybridized carbons (Fsp3) is 0.538. The average Bonchev–Trinajstić information content (AvgIpc) is 2.33. The smallest absolute Gasteiger partial charge is 0.146 e. The lowest BCUT2D eigenvalue weighted by molar-refractivity contribution is 0.427. The summed E-state index contributed by atoms with van der Waals surface area (Å²) in [6.45, 7) is 4.75. The maximum Gasteiger partial charge on any atom is 0.146 e. The standard InChI is InChI=1S/C13H18ClFN2/c1-2-3-11-9-17(7-6-16-11)13-8-10(14)4-5-12(13)15/h4-5,8,11,16H,2-3,6-7,9H2,1H3. The van der Waals surface area contributed by atoms with E-state index < -0.39 is 0 Å². The van der Waals surface area contributed by atoms with Crippen molar-refractivity contribution in [2.75, 3.05) is 24.5 Å². The van der Waals surface area contributed by atoms with Gasteiger partial charge in [-0.3, -0.25) is 0 Å². The third-order valence-electron chi connectivity index (χ3n) is 3.14. The third kappa shape index (κ3) is 3.11. The van der Waals surface area contributed by atoms with Crippen LogP contribution in [0.15, 0.2) is 18.2 Å². The van der Waals surface area contributed by atoms with Crippen LogP contribution in [0.3, 0.4) is 0 Å². The summed E-state index contributed by atoms with van der Waals surface area (Å²) in [5.41, 5.74) is 0.625. The van der Waals surface area contributed by atoms with Crippen LogP contribution in [0.25, 0.3) is 0 Å². The van der Waals surface area contributed by atoms with Gasteiger partial charge in [0.05, 0.1) is 5.69 Å². The van der Waals surface area contributed by atoms with E-state index in [9.17, 15) is 4.39 Å². The van der Waals surface area contributed by atoms with Gasteiger partial charge in [0.2, 0.25) is 0 Å². The number of rotatable bonds is 3. The van der Waals surface area contributed by atoms with Gasteiger partial charge >= 0.3 is 0 Å². The lowest BCUT2D eigenvalue weighted by atomic mass is 10.1. The second kappa shape index (κ2) is 5.69. The Bertz CT molecular complexity index is 382. The lowest BCUT2D eigenvalue weighted by Gasteiger charge is -2.35. The van der Waals surface area contributed by atoms with Crippen LogP contribution in [-0.4, -0.2) is 25.7 Å². The molecule has 4 heteroatoms. The van der Waals surface area contributed by atoms with Crippen molar-refractivity contribution in [2.45, 2.75) is 25.8 Å². The minimum atomic E-state index is -0.188. The zero-order valence-corrected chi connectivity index (χ0v) is 10.8. The first-order valence-electron chi connectivity index (χ1n) is 6.14. The molecule has 1 fully saturated rings. The highest BCUT2D eigenvalue weighted by atomic mass is 35.5. The Morgan fingerprint density at radius 3 is 3.12 bits per heavy atom. The van der Waals surface area contributed by atoms with Gasteiger partial charge in [-0.1, -0.05) is 24.9 Å². The minimum Gasteiger partial charge on any atom is -0.366 e. The average molecular weight is 257 g/mol. The predicted molar refractivity (Wildman–Crippen MR) is 70.3 cm³/mol. The molecule has 2 nitrogen and oxygen atoms in total. The highest BCUT2D eigenvalue weighted by molar-refractivity contribution is 6.30. The number of halogens is 2. The summed E-state index contributed by atoms with van der Waals surface area (Å²) < 4.78 is 13.7. The van der Waals surface area contributed by atoms with Crippen molar-refractivity contribution in [3.63, 3.8) is 0 Å². The van der Waals surface area contributed by atoms with Crippen LogP contribution in [0.5, 0.6) is 0 Å². The summed E-state index contributed by atoms with van der Waals surface area (Å²) in [6, 6.07) is 5.19. The molecule has 0 aliphatic carbocycles. The molecule has 17 heavy (non-hydrogen) atoms. The maximum atomic E-state index is 13.7. The van der Waals surface area contributed by atoms with Gasteiger partial charge in [0.15, 0.2) is 0 Å². The molecule has 94 valence electrons. The van der Waals surface area contributed by atoms with Crippen LogP contribution in [0.4, 0.5) is 10.1 Å². The van der Waals surface area contributed by atoms with Crippen LogP contribution in [0, 0.1) is 5.82 Å². The van der Waals surface area contributed by atoms with Crippen LogP contribution in [0.2, 0.25) is 5.02 Å². The first kappa shape index (κ1) is 12.7. The SMILES string of the molecule is CCCC1CN(c2cc(Cl)ccc2F)CCN1. The fourth-order valence-electron chi connectivity index (χ4n) is 2.31. The van der Waals surface area contributed by atoms with Gasteiger partial charge in [0.1, 0.15) is 5.82 Å². The zero-order valence-electron chi connectivity index (χ0n) is 10.0. The van der Waals surface area contributed by atoms with Crippen LogP contribution < -0.4 is 10.2 Å². The largest absolute Gasteiger partial charge is 0.366 e. The van der Waals surface area contributed by atoms with Crippen molar-refractivity contribution in [3.8, 4) is 0 Å².